The molecule has 3 saturated heterocycles. The Kier molecular flexibility index (Phi) is 7.77. The first-order valence-electron chi connectivity index (χ1n) is 12.7. The summed E-state index contributed by atoms with van der Waals surface area (Å²) < 4.78 is 14.1. The lowest BCUT2D eigenvalue weighted by Gasteiger charge is -2.36. The number of nitrogens with one attached hydrogen (secondary N) is 3. The van der Waals surface area contributed by atoms with Crippen LogP contribution in [0.1, 0.15) is 52.9 Å². The molecule has 0 aromatic rings. The third kappa shape index (κ3) is 6.02. The van der Waals surface area contributed by atoms with Crippen molar-refractivity contribution >= 4 is 53.1 Å². The minimum absolute atomic E-state index is 0.0848. The molecule has 0 unspecified atom stereocenters. The molecule has 0 aromatic carbocycles. The second-order valence-corrected chi connectivity index (χ2v) is 14.7. The van der Waals surface area contributed by atoms with Crippen molar-refractivity contribution in [3.05, 3.63) is 0 Å². The highest BCUT2D eigenvalue weighted by atomic mass is 32.2. The Labute approximate surface area is 224 Å². The predicted molar refractivity (Wildman–Crippen MR) is 139 cm³/mol. The quantitative estimate of drug-likeness (QED) is 0.335. The lowest BCUT2D eigenvalue weighted by Crippen LogP contribution is -2.60. The molecule has 5 amide bonds. The summed E-state index contributed by atoms with van der Waals surface area (Å²) in [6.07, 6.45) is 1.26. The second-order valence-electron chi connectivity index (χ2n) is 11.5. The van der Waals surface area contributed by atoms with E-state index in [1.807, 2.05) is 0 Å². The zero-order valence-electron chi connectivity index (χ0n) is 21.4. The van der Waals surface area contributed by atoms with Crippen LogP contribution in [0.3, 0.4) is 0 Å². The summed E-state index contributed by atoms with van der Waals surface area (Å²) in [7, 11) is 0. The van der Waals surface area contributed by atoms with Gasteiger partial charge in [-0.1, -0.05) is 20.8 Å². The monoisotopic (exact) mass is 557 g/mol. The van der Waals surface area contributed by atoms with E-state index in [-0.39, 0.29) is 35.8 Å². The minimum atomic E-state index is -1.94. The molecule has 0 aromatic heterocycles. The SMILES string of the molecule is CC(C)(C)[C@H](NC(=O)C1(F)CC1)C(=O)N1CC2(C[C@H]1C(=O)N[C@@H](C[C@@H]1CCNC1=O)C(N)=O)SCCS2. The fourth-order valence-electron chi connectivity index (χ4n) is 5.09. The van der Waals surface area contributed by atoms with E-state index in [0.29, 0.717) is 19.4 Å². The minimum Gasteiger partial charge on any atom is -0.368 e. The second kappa shape index (κ2) is 10.3. The van der Waals surface area contributed by atoms with Gasteiger partial charge in [0.05, 0.1) is 4.08 Å². The van der Waals surface area contributed by atoms with Gasteiger partial charge < -0.3 is 26.6 Å². The molecule has 1 aliphatic carbocycles. The van der Waals surface area contributed by atoms with E-state index in [1.54, 1.807) is 44.3 Å². The summed E-state index contributed by atoms with van der Waals surface area (Å²) in [5.74, 6) is -1.38. The Morgan fingerprint density at radius 2 is 1.84 bits per heavy atom. The van der Waals surface area contributed by atoms with Gasteiger partial charge in [-0.2, -0.15) is 0 Å². The number of primary amides is 1. The number of nitrogens with two attached hydrogens (primary N) is 1. The molecule has 0 radical (unpaired) electrons. The largest absolute Gasteiger partial charge is 0.368 e. The molecule has 206 valence electrons. The molecule has 4 rings (SSSR count). The highest BCUT2D eigenvalue weighted by molar-refractivity contribution is 8.21. The molecular weight excluding hydrogens is 521 g/mol. The first-order chi connectivity index (χ1) is 17.2. The van der Waals surface area contributed by atoms with Gasteiger partial charge in [0.1, 0.15) is 18.1 Å². The number of amides is 5. The normalized spacial score (nSPS) is 27.5. The number of halogens is 1. The van der Waals surface area contributed by atoms with Gasteiger partial charge in [-0.25, -0.2) is 4.39 Å². The Morgan fingerprint density at radius 1 is 1.19 bits per heavy atom. The maximum Gasteiger partial charge on any atom is 0.258 e. The number of hydrogen-bond donors (Lipinski definition) is 4. The van der Waals surface area contributed by atoms with E-state index in [2.05, 4.69) is 16.0 Å². The van der Waals surface area contributed by atoms with E-state index >= 15 is 0 Å². The fraction of sp³-hybridized carbons (Fsp3) is 0.792. The van der Waals surface area contributed by atoms with Gasteiger partial charge in [0.15, 0.2) is 5.67 Å². The molecule has 13 heteroatoms. The average Bonchev–Trinajstić information content (AvgIpc) is 3.16. The van der Waals surface area contributed by atoms with E-state index in [1.165, 1.54) is 4.90 Å². The van der Waals surface area contributed by atoms with E-state index in [0.717, 1.165) is 11.5 Å². The van der Waals surface area contributed by atoms with Gasteiger partial charge in [-0.15, -0.1) is 23.5 Å². The van der Waals surface area contributed by atoms with E-state index in [9.17, 15) is 28.4 Å². The van der Waals surface area contributed by atoms with Crippen molar-refractivity contribution in [2.45, 2.75) is 80.7 Å². The Morgan fingerprint density at radius 3 is 2.35 bits per heavy atom. The van der Waals surface area contributed by atoms with Crippen molar-refractivity contribution in [3.8, 4) is 0 Å². The zero-order valence-corrected chi connectivity index (χ0v) is 23.1. The number of likely N-dealkylation sites (tertiary alicyclic amines) is 1. The average molecular weight is 558 g/mol. The number of nitrogens with zero attached hydrogens (tertiary/aromatic N) is 1. The van der Waals surface area contributed by atoms with Crippen LogP contribution in [0.2, 0.25) is 0 Å². The summed E-state index contributed by atoms with van der Waals surface area (Å²) in [6.45, 7) is 6.13. The van der Waals surface area contributed by atoms with Crippen LogP contribution in [0, 0.1) is 11.3 Å². The van der Waals surface area contributed by atoms with E-state index in [4.69, 9.17) is 5.73 Å². The summed E-state index contributed by atoms with van der Waals surface area (Å²) >= 11 is 3.38. The summed E-state index contributed by atoms with van der Waals surface area (Å²) in [5.41, 5.74) is 2.89. The fourth-order valence-corrected chi connectivity index (χ4v) is 8.35. The van der Waals surface area contributed by atoms with Gasteiger partial charge in [0, 0.05) is 36.9 Å². The highest BCUT2D eigenvalue weighted by Gasteiger charge is 2.56. The molecule has 0 bridgehead atoms. The third-order valence-electron chi connectivity index (χ3n) is 7.52. The molecule has 4 atom stereocenters. The number of hydrogen-bond acceptors (Lipinski definition) is 7. The van der Waals surface area contributed by atoms with Crippen LogP contribution >= 0.6 is 23.5 Å². The number of rotatable bonds is 8. The molecule has 1 spiro atoms. The summed E-state index contributed by atoms with van der Waals surface area (Å²) in [6, 6.07) is -2.99. The summed E-state index contributed by atoms with van der Waals surface area (Å²) in [4.78, 5) is 65.7. The molecule has 4 fully saturated rings. The maximum atomic E-state index is 14.5. The molecule has 1 saturated carbocycles. The van der Waals surface area contributed by atoms with Crippen molar-refractivity contribution in [1.29, 1.82) is 0 Å². The highest BCUT2D eigenvalue weighted by Crippen LogP contribution is 2.52. The van der Waals surface area contributed by atoms with Crippen LogP contribution in [-0.2, 0) is 24.0 Å². The topological polar surface area (TPSA) is 151 Å². The molecule has 10 nitrogen and oxygen atoms in total. The number of carbonyl (C=O) groups is 5. The predicted octanol–water partition coefficient (Wildman–Crippen LogP) is 0.293. The van der Waals surface area contributed by atoms with Gasteiger partial charge >= 0.3 is 0 Å². The van der Waals surface area contributed by atoms with Crippen LogP contribution < -0.4 is 21.7 Å². The third-order valence-corrected chi connectivity index (χ3v) is 10.9. The Balaban J connectivity index is 1.55. The summed E-state index contributed by atoms with van der Waals surface area (Å²) in [5, 5.41) is 8.03. The molecule has 4 aliphatic rings. The van der Waals surface area contributed by atoms with Crippen LogP contribution in [0.5, 0.6) is 0 Å². The molecular formula is C24H36FN5O5S2. The first-order valence-corrected chi connectivity index (χ1v) is 14.7. The van der Waals surface area contributed by atoms with Gasteiger partial charge in [-0.3, -0.25) is 24.0 Å². The van der Waals surface area contributed by atoms with Crippen molar-refractivity contribution in [1.82, 2.24) is 20.9 Å². The lowest BCUT2D eigenvalue weighted by atomic mass is 9.85. The lowest BCUT2D eigenvalue weighted by molar-refractivity contribution is -0.145. The van der Waals surface area contributed by atoms with Crippen molar-refractivity contribution in [2.24, 2.45) is 17.1 Å². The first kappa shape index (κ1) is 28.0. The van der Waals surface area contributed by atoms with Crippen LogP contribution in [-0.4, -0.2) is 86.9 Å². The molecule has 5 N–H and O–H groups in total. The van der Waals surface area contributed by atoms with Crippen LogP contribution in [0.4, 0.5) is 4.39 Å². The maximum absolute atomic E-state index is 14.5. The molecule has 3 aliphatic heterocycles. The van der Waals surface area contributed by atoms with Crippen molar-refractivity contribution < 1.29 is 28.4 Å². The number of alkyl halides is 1. The molecule has 37 heavy (non-hydrogen) atoms. The smallest absolute Gasteiger partial charge is 0.258 e. The van der Waals surface area contributed by atoms with Crippen molar-refractivity contribution in [3.63, 3.8) is 0 Å². The number of thioether (sulfide) groups is 2. The Hall–Kier alpha value is -2.02. The van der Waals surface area contributed by atoms with Gasteiger partial charge in [-0.05, 0) is 31.1 Å². The van der Waals surface area contributed by atoms with Gasteiger partial charge in [0.25, 0.3) is 5.91 Å². The van der Waals surface area contributed by atoms with E-state index < -0.39 is 58.8 Å². The zero-order chi connectivity index (χ0) is 27.2. The molecule has 3 heterocycles. The van der Waals surface area contributed by atoms with Gasteiger partial charge in [0.2, 0.25) is 23.6 Å². The van der Waals surface area contributed by atoms with Crippen LogP contribution in [0.25, 0.3) is 0 Å². The van der Waals surface area contributed by atoms with Crippen molar-refractivity contribution in [2.75, 3.05) is 24.6 Å². The Bertz CT molecular complexity index is 979. The standard InChI is InChI=1S/C24H36FN5O5S2/c1-22(2,3)16(29-21(35)23(25)5-6-23)20(34)30-12-24(36-8-9-37-24)11-15(30)19(33)28-14(17(26)31)10-13-4-7-27-18(13)32/h13-16H,4-12H2,1-3H3,(H2,26,31)(H,27,32)(H,28,33)(H,29,35)/t13-,14-,15-,16+/m0/s1. The number of carbonyl (C=O) groups excluding carboxylic acids is 5. The van der Waals surface area contributed by atoms with Crippen LogP contribution in [0.15, 0.2) is 0 Å².